The highest BCUT2D eigenvalue weighted by Gasteiger charge is 2.30. The number of nitrogens with zero attached hydrogens (tertiary/aromatic N) is 3. The summed E-state index contributed by atoms with van der Waals surface area (Å²) in [5.41, 5.74) is 1.39. The lowest BCUT2D eigenvalue weighted by Gasteiger charge is -2.34. The van der Waals surface area contributed by atoms with Crippen molar-refractivity contribution in [3.8, 4) is 0 Å². The molecule has 3 rings (SSSR count). The van der Waals surface area contributed by atoms with Crippen LogP contribution in [0.4, 0.5) is 11.4 Å². The molecule has 0 spiro atoms. The number of hydrogen-bond donors (Lipinski definition) is 1. The third-order valence-corrected chi connectivity index (χ3v) is 7.40. The van der Waals surface area contributed by atoms with Crippen LogP contribution in [0.5, 0.6) is 0 Å². The lowest BCUT2D eigenvalue weighted by Crippen LogP contribution is -2.50. The molecule has 1 saturated heterocycles. The number of carbonyl (C=O) groups excluding carboxylic acids is 2. The monoisotopic (exact) mass is 478 g/mol. The Kier molecular flexibility index (Phi) is 7.76. The van der Waals surface area contributed by atoms with E-state index in [0.29, 0.717) is 23.8 Å². The van der Waals surface area contributed by atoms with Gasteiger partial charge in [-0.2, -0.15) is 4.31 Å². The van der Waals surface area contributed by atoms with Gasteiger partial charge in [0, 0.05) is 58.1 Å². The third-order valence-electron chi connectivity index (χ3n) is 5.25. The van der Waals surface area contributed by atoms with Crippen molar-refractivity contribution in [2.24, 2.45) is 0 Å². The maximum atomic E-state index is 12.7. The van der Waals surface area contributed by atoms with Crippen molar-refractivity contribution >= 4 is 44.8 Å². The number of nitrogens with one attached hydrogen (secondary N) is 1. The van der Waals surface area contributed by atoms with Gasteiger partial charge >= 0.3 is 0 Å². The second kappa shape index (κ2) is 10.3. The Labute approximate surface area is 193 Å². The molecular formula is C22H27ClN4O4S. The fourth-order valence-corrected chi connectivity index (χ4v) is 5.12. The predicted octanol–water partition coefficient (Wildman–Crippen LogP) is 2.66. The van der Waals surface area contributed by atoms with Crippen molar-refractivity contribution in [3.63, 3.8) is 0 Å². The zero-order chi connectivity index (χ0) is 23.3. The second-order valence-corrected chi connectivity index (χ2v) is 10.1. The Morgan fingerprint density at radius 3 is 2.28 bits per heavy atom. The van der Waals surface area contributed by atoms with Crippen LogP contribution in [0.2, 0.25) is 5.02 Å². The topological polar surface area (TPSA) is 90.0 Å². The molecule has 10 heteroatoms. The normalized spacial score (nSPS) is 14.8. The van der Waals surface area contributed by atoms with Gasteiger partial charge in [-0.25, -0.2) is 8.42 Å². The number of rotatable bonds is 7. The molecule has 1 heterocycles. The highest BCUT2D eigenvalue weighted by Crippen LogP contribution is 2.28. The van der Waals surface area contributed by atoms with E-state index in [9.17, 15) is 18.0 Å². The van der Waals surface area contributed by atoms with Crippen molar-refractivity contribution in [1.29, 1.82) is 0 Å². The van der Waals surface area contributed by atoms with Gasteiger partial charge in [-0.05, 0) is 30.3 Å². The Bertz CT molecular complexity index is 1070. The molecule has 0 atom stereocenters. The summed E-state index contributed by atoms with van der Waals surface area (Å²) < 4.78 is 26.8. The summed E-state index contributed by atoms with van der Waals surface area (Å²) >= 11 is 6.04. The van der Waals surface area contributed by atoms with Crippen molar-refractivity contribution in [2.75, 3.05) is 50.5 Å². The van der Waals surface area contributed by atoms with Gasteiger partial charge in [-0.1, -0.05) is 29.8 Å². The molecule has 0 radical (unpaired) electrons. The molecule has 0 aromatic heterocycles. The number of sulfonamides is 1. The summed E-state index contributed by atoms with van der Waals surface area (Å²) in [7, 11) is 0.153. The van der Waals surface area contributed by atoms with Gasteiger partial charge < -0.3 is 15.1 Å². The van der Waals surface area contributed by atoms with Gasteiger partial charge in [0.05, 0.1) is 16.3 Å². The van der Waals surface area contributed by atoms with Crippen LogP contribution in [0.3, 0.4) is 0 Å². The van der Waals surface area contributed by atoms with E-state index < -0.39 is 10.0 Å². The molecule has 2 aromatic carbocycles. The zero-order valence-corrected chi connectivity index (χ0v) is 19.7. The standard InChI is InChI=1S/C22H27ClN4O4S/c1-25(2)20-9-8-17(23)16-19(20)24-21(28)10-11-22(29)26-12-14-27(15-13-26)32(30,31)18-6-4-3-5-7-18/h3-9,16H,10-15H2,1-2H3,(H,24,28). The molecule has 1 aliphatic heterocycles. The zero-order valence-electron chi connectivity index (χ0n) is 18.1. The Morgan fingerprint density at radius 1 is 1.00 bits per heavy atom. The number of carbonyl (C=O) groups is 2. The molecule has 1 N–H and O–H groups in total. The largest absolute Gasteiger partial charge is 0.376 e. The molecule has 0 bridgehead atoms. The van der Waals surface area contributed by atoms with Gasteiger partial charge in [0.2, 0.25) is 21.8 Å². The minimum absolute atomic E-state index is 0.0285. The average molecular weight is 479 g/mol. The first-order valence-electron chi connectivity index (χ1n) is 10.3. The van der Waals surface area contributed by atoms with Gasteiger partial charge in [0.25, 0.3) is 0 Å². The van der Waals surface area contributed by atoms with Crippen LogP contribution in [0, 0.1) is 0 Å². The van der Waals surface area contributed by atoms with E-state index in [1.54, 1.807) is 47.4 Å². The number of benzene rings is 2. The van der Waals surface area contributed by atoms with E-state index in [-0.39, 0.29) is 42.6 Å². The van der Waals surface area contributed by atoms with E-state index in [0.717, 1.165) is 5.69 Å². The van der Waals surface area contributed by atoms with Gasteiger partial charge in [0.15, 0.2) is 0 Å². The Balaban J connectivity index is 1.51. The van der Waals surface area contributed by atoms with Crippen LogP contribution in [0.1, 0.15) is 12.8 Å². The van der Waals surface area contributed by atoms with Crippen LogP contribution >= 0.6 is 11.6 Å². The van der Waals surface area contributed by atoms with E-state index in [2.05, 4.69) is 5.32 Å². The molecule has 2 amide bonds. The summed E-state index contributed by atoms with van der Waals surface area (Å²) in [5, 5.41) is 3.32. The van der Waals surface area contributed by atoms with Crippen molar-refractivity contribution in [3.05, 3.63) is 53.6 Å². The number of piperazine rings is 1. The van der Waals surface area contributed by atoms with Gasteiger partial charge in [0.1, 0.15) is 0 Å². The number of hydrogen-bond acceptors (Lipinski definition) is 5. The van der Waals surface area contributed by atoms with Crippen LogP contribution in [0.15, 0.2) is 53.4 Å². The van der Waals surface area contributed by atoms with E-state index in [1.807, 2.05) is 25.1 Å². The highest BCUT2D eigenvalue weighted by atomic mass is 35.5. The van der Waals surface area contributed by atoms with E-state index in [1.165, 1.54) is 4.31 Å². The molecule has 0 saturated carbocycles. The van der Waals surface area contributed by atoms with Crippen LogP contribution in [0.25, 0.3) is 0 Å². The lowest BCUT2D eigenvalue weighted by molar-refractivity contribution is -0.133. The van der Waals surface area contributed by atoms with Crippen LogP contribution in [-0.2, 0) is 19.6 Å². The summed E-state index contributed by atoms with van der Waals surface area (Å²) in [6.45, 7) is 1.05. The van der Waals surface area contributed by atoms with E-state index >= 15 is 0 Å². The quantitative estimate of drug-likeness (QED) is 0.660. The summed E-state index contributed by atoms with van der Waals surface area (Å²) in [5.74, 6) is -0.454. The van der Waals surface area contributed by atoms with Gasteiger partial charge in [-0.3, -0.25) is 9.59 Å². The maximum Gasteiger partial charge on any atom is 0.243 e. The average Bonchev–Trinajstić information content (AvgIpc) is 2.78. The van der Waals surface area contributed by atoms with E-state index in [4.69, 9.17) is 11.6 Å². The maximum absolute atomic E-state index is 12.7. The molecule has 0 unspecified atom stereocenters. The van der Waals surface area contributed by atoms with Crippen LogP contribution < -0.4 is 10.2 Å². The molecule has 1 aliphatic rings. The third kappa shape index (κ3) is 5.79. The second-order valence-electron chi connectivity index (χ2n) is 7.70. The molecular weight excluding hydrogens is 452 g/mol. The van der Waals surface area contributed by atoms with Crippen LogP contribution in [-0.4, -0.2) is 69.7 Å². The number of amides is 2. The molecule has 0 aliphatic carbocycles. The predicted molar refractivity (Wildman–Crippen MR) is 125 cm³/mol. The van der Waals surface area contributed by atoms with Crippen molar-refractivity contribution < 1.29 is 18.0 Å². The number of halogens is 1. The first kappa shape index (κ1) is 24.0. The molecule has 32 heavy (non-hydrogen) atoms. The fraction of sp³-hybridized carbons (Fsp3) is 0.364. The fourth-order valence-electron chi connectivity index (χ4n) is 3.51. The Morgan fingerprint density at radius 2 is 1.66 bits per heavy atom. The first-order valence-corrected chi connectivity index (χ1v) is 12.1. The smallest absolute Gasteiger partial charge is 0.243 e. The molecule has 2 aromatic rings. The number of anilines is 2. The minimum Gasteiger partial charge on any atom is -0.376 e. The molecule has 172 valence electrons. The minimum atomic E-state index is -3.57. The Hall–Kier alpha value is -2.62. The van der Waals surface area contributed by atoms with Gasteiger partial charge in [-0.15, -0.1) is 0 Å². The lowest BCUT2D eigenvalue weighted by atomic mass is 10.2. The first-order chi connectivity index (χ1) is 15.2. The summed E-state index contributed by atoms with van der Waals surface area (Å²) in [6.07, 6.45) is 0.0792. The SMILES string of the molecule is CN(C)c1ccc(Cl)cc1NC(=O)CCC(=O)N1CCN(S(=O)(=O)c2ccccc2)CC1. The summed E-state index contributed by atoms with van der Waals surface area (Å²) in [6, 6.07) is 13.5. The molecule has 8 nitrogen and oxygen atoms in total. The van der Waals surface area contributed by atoms with Crippen molar-refractivity contribution in [2.45, 2.75) is 17.7 Å². The highest BCUT2D eigenvalue weighted by molar-refractivity contribution is 7.89. The summed E-state index contributed by atoms with van der Waals surface area (Å²) in [4.78, 5) is 28.7. The molecule has 1 fully saturated rings. The van der Waals surface area contributed by atoms with Crippen molar-refractivity contribution in [1.82, 2.24) is 9.21 Å².